The van der Waals surface area contributed by atoms with Crippen LogP contribution in [-0.2, 0) is 11.3 Å². The highest BCUT2D eigenvalue weighted by molar-refractivity contribution is 5.92. The second-order valence-electron chi connectivity index (χ2n) is 3.66. The van der Waals surface area contributed by atoms with Gasteiger partial charge in [0.25, 0.3) is 0 Å². The minimum Gasteiger partial charge on any atom is -0.507 e. The third-order valence-corrected chi connectivity index (χ3v) is 2.64. The minimum absolute atomic E-state index is 0. The first-order chi connectivity index (χ1) is 8.13. The van der Waals surface area contributed by atoms with Crippen molar-refractivity contribution in [2.45, 2.75) is 27.2 Å². The van der Waals surface area contributed by atoms with Gasteiger partial charge in [-0.25, -0.2) is 4.79 Å². The Balaban J connectivity index is 0.00000289. The van der Waals surface area contributed by atoms with E-state index in [0.29, 0.717) is 19.5 Å². The molecule has 0 atom stereocenters. The Kier molecular flexibility index (Phi) is 7.39. The molecular weight excluding hydrogens is 254 g/mol. The van der Waals surface area contributed by atoms with Gasteiger partial charge in [-0.3, -0.25) is 0 Å². The van der Waals surface area contributed by atoms with Crippen molar-refractivity contribution in [2.75, 3.05) is 13.1 Å². The van der Waals surface area contributed by atoms with Crippen LogP contribution in [0.2, 0.25) is 0 Å². The van der Waals surface area contributed by atoms with Gasteiger partial charge in [0, 0.05) is 13.1 Å². The van der Waals surface area contributed by atoms with Crippen molar-refractivity contribution in [2.24, 2.45) is 0 Å². The third kappa shape index (κ3) is 3.89. The number of aromatic hydroxyl groups is 1. The Morgan fingerprint density at radius 1 is 1.28 bits per heavy atom. The molecule has 0 spiro atoms. The summed E-state index contributed by atoms with van der Waals surface area (Å²) in [7, 11) is 0. The van der Waals surface area contributed by atoms with Crippen molar-refractivity contribution in [1.82, 2.24) is 5.06 Å². The Labute approximate surface area is 114 Å². The zero-order chi connectivity index (χ0) is 12.8. The zero-order valence-corrected chi connectivity index (χ0v) is 11.8. The van der Waals surface area contributed by atoms with Crippen molar-refractivity contribution in [3.63, 3.8) is 0 Å². The molecule has 1 rings (SSSR count). The van der Waals surface area contributed by atoms with Crippen molar-refractivity contribution in [1.29, 1.82) is 0 Å². The van der Waals surface area contributed by atoms with Crippen LogP contribution in [0.25, 0.3) is 0 Å². The minimum atomic E-state index is -0.512. The molecule has 1 aromatic rings. The molecule has 1 aromatic carbocycles. The highest BCUT2D eigenvalue weighted by atomic mass is 35.5. The maximum atomic E-state index is 11.8. The Bertz CT molecular complexity index is 392. The predicted molar refractivity (Wildman–Crippen MR) is 73.1 cm³/mol. The molecule has 0 aliphatic carbocycles. The SMILES string of the molecule is CCc1cccc(C(=O)ON(CC)CC)c1O.Cl. The largest absolute Gasteiger partial charge is 0.507 e. The number of para-hydroxylation sites is 1. The summed E-state index contributed by atoms with van der Waals surface area (Å²) in [4.78, 5) is 17.0. The van der Waals surface area contributed by atoms with E-state index in [1.54, 1.807) is 23.3 Å². The topological polar surface area (TPSA) is 49.8 Å². The molecule has 0 bridgehead atoms. The number of hydrogen-bond donors (Lipinski definition) is 1. The highest BCUT2D eigenvalue weighted by Crippen LogP contribution is 2.23. The summed E-state index contributed by atoms with van der Waals surface area (Å²) in [5, 5.41) is 11.4. The summed E-state index contributed by atoms with van der Waals surface area (Å²) >= 11 is 0. The number of nitrogens with zero attached hydrogens (tertiary/aromatic N) is 1. The molecule has 0 aromatic heterocycles. The van der Waals surface area contributed by atoms with E-state index >= 15 is 0 Å². The van der Waals surface area contributed by atoms with Crippen LogP contribution in [0.1, 0.15) is 36.7 Å². The first kappa shape index (κ1) is 16.7. The maximum absolute atomic E-state index is 11.8. The van der Waals surface area contributed by atoms with E-state index in [1.165, 1.54) is 0 Å². The molecule has 0 aliphatic rings. The van der Waals surface area contributed by atoms with Gasteiger partial charge < -0.3 is 9.94 Å². The van der Waals surface area contributed by atoms with Gasteiger partial charge >= 0.3 is 5.97 Å². The summed E-state index contributed by atoms with van der Waals surface area (Å²) in [6.45, 7) is 6.97. The van der Waals surface area contributed by atoms with Crippen molar-refractivity contribution >= 4 is 18.4 Å². The Morgan fingerprint density at radius 3 is 2.39 bits per heavy atom. The molecule has 0 saturated heterocycles. The molecule has 0 saturated carbocycles. The molecule has 0 heterocycles. The second-order valence-corrected chi connectivity index (χ2v) is 3.66. The van der Waals surface area contributed by atoms with Crippen LogP contribution in [0.3, 0.4) is 0 Å². The molecule has 0 fully saturated rings. The van der Waals surface area contributed by atoms with Gasteiger partial charge in [-0.1, -0.05) is 19.1 Å². The molecule has 1 N–H and O–H groups in total. The lowest BCUT2D eigenvalue weighted by Crippen LogP contribution is -2.27. The second kappa shape index (κ2) is 7.95. The molecular formula is C13H20ClNO3. The standard InChI is InChI=1S/C13H19NO3.ClH/c1-4-10-8-7-9-11(12(10)15)13(16)17-14(5-2)6-3;/h7-9,15H,4-6H2,1-3H3;1H. The molecule has 4 nitrogen and oxygen atoms in total. The van der Waals surface area contributed by atoms with Crippen LogP contribution in [0.4, 0.5) is 0 Å². The molecule has 0 radical (unpaired) electrons. The number of carbonyl (C=O) groups excluding carboxylic acids is 1. The number of phenolic OH excluding ortho intramolecular Hbond substituents is 1. The number of hydroxylamine groups is 2. The predicted octanol–water partition coefficient (Wildman–Crippen LogP) is 2.79. The van der Waals surface area contributed by atoms with E-state index in [0.717, 1.165) is 5.56 Å². The molecule has 0 aliphatic heterocycles. The lowest BCUT2D eigenvalue weighted by atomic mass is 10.1. The monoisotopic (exact) mass is 273 g/mol. The molecule has 5 heteroatoms. The maximum Gasteiger partial charge on any atom is 0.360 e. The summed E-state index contributed by atoms with van der Waals surface area (Å²) in [5.74, 6) is -0.492. The number of rotatable bonds is 5. The number of aryl methyl sites for hydroxylation is 1. The lowest BCUT2D eigenvalue weighted by molar-refractivity contribution is -0.103. The summed E-state index contributed by atoms with van der Waals surface area (Å²) < 4.78 is 0. The van der Waals surface area contributed by atoms with Gasteiger partial charge in [-0.15, -0.1) is 17.5 Å². The average molecular weight is 274 g/mol. The normalized spacial score (nSPS) is 10.0. The first-order valence-corrected chi connectivity index (χ1v) is 5.92. The average Bonchev–Trinajstić information content (AvgIpc) is 2.35. The van der Waals surface area contributed by atoms with Crippen LogP contribution in [0.15, 0.2) is 18.2 Å². The van der Waals surface area contributed by atoms with Crippen LogP contribution in [-0.4, -0.2) is 29.2 Å². The number of halogens is 1. The number of hydrogen-bond acceptors (Lipinski definition) is 4. The fraction of sp³-hybridized carbons (Fsp3) is 0.462. The van der Waals surface area contributed by atoms with Gasteiger partial charge in [0.2, 0.25) is 0 Å². The molecule has 0 unspecified atom stereocenters. The lowest BCUT2D eigenvalue weighted by Gasteiger charge is -2.17. The summed E-state index contributed by atoms with van der Waals surface area (Å²) in [6.07, 6.45) is 0.679. The quantitative estimate of drug-likeness (QED) is 0.838. The first-order valence-electron chi connectivity index (χ1n) is 5.92. The zero-order valence-electron chi connectivity index (χ0n) is 11.0. The number of benzene rings is 1. The fourth-order valence-corrected chi connectivity index (χ4v) is 1.56. The van der Waals surface area contributed by atoms with Crippen molar-refractivity contribution in [3.05, 3.63) is 29.3 Å². The van der Waals surface area contributed by atoms with E-state index in [9.17, 15) is 9.90 Å². The van der Waals surface area contributed by atoms with Gasteiger partial charge in [-0.05, 0) is 31.9 Å². The fourth-order valence-electron chi connectivity index (χ4n) is 1.56. The Morgan fingerprint density at radius 2 is 1.89 bits per heavy atom. The smallest absolute Gasteiger partial charge is 0.360 e. The van der Waals surface area contributed by atoms with Crippen molar-refractivity contribution in [3.8, 4) is 5.75 Å². The van der Waals surface area contributed by atoms with E-state index in [1.807, 2.05) is 20.8 Å². The highest BCUT2D eigenvalue weighted by Gasteiger charge is 2.17. The number of carbonyl (C=O) groups is 1. The van der Waals surface area contributed by atoms with Crippen LogP contribution >= 0.6 is 12.4 Å². The number of phenols is 1. The van der Waals surface area contributed by atoms with E-state index in [-0.39, 0.29) is 23.7 Å². The van der Waals surface area contributed by atoms with Crippen LogP contribution < -0.4 is 0 Å². The molecule has 0 amide bonds. The van der Waals surface area contributed by atoms with Gasteiger partial charge in [0.05, 0.1) is 0 Å². The van der Waals surface area contributed by atoms with Crippen LogP contribution in [0.5, 0.6) is 5.75 Å². The van der Waals surface area contributed by atoms with E-state index < -0.39 is 5.97 Å². The van der Waals surface area contributed by atoms with Gasteiger partial charge in [0.1, 0.15) is 11.3 Å². The molecule has 18 heavy (non-hydrogen) atoms. The summed E-state index contributed by atoms with van der Waals surface area (Å²) in [6, 6.07) is 5.11. The van der Waals surface area contributed by atoms with Gasteiger partial charge in [0.15, 0.2) is 0 Å². The third-order valence-electron chi connectivity index (χ3n) is 2.64. The van der Waals surface area contributed by atoms with Crippen LogP contribution in [0, 0.1) is 0 Å². The molecule has 102 valence electrons. The summed E-state index contributed by atoms with van der Waals surface area (Å²) in [5.41, 5.74) is 0.968. The van der Waals surface area contributed by atoms with E-state index in [4.69, 9.17) is 4.84 Å². The van der Waals surface area contributed by atoms with E-state index in [2.05, 4.69) is 0 Å². The Hall–Kier alpha value is -1.26. The van der Waals surface area contributed by atoms with Gasteiger partial charge in [-0.2, -0.15) is 0 Å². The van der Waals surface area contributed by atoms with Crippen molar-refractivity contribution < 1.29 is 14.7 Å².